The number of nitrogens with zero attached hydrogens (tertiary/aromatic N) is 1. The van der Waals surface area contributed by atoms with Crippen molar-refractivity contribution in [3.63, 3.8) is 0 Å². The van der Waals surface area contributed by atoms with Gasteiger partial charge in [-0.05, 0) is 30.3 Å². The van der Waals surface area contributed by atoms with Crippen LogP contribution in [0.15, 0.2) is 42.5 Å². The molecule has 0 atom stereocenters. The molecule has 0 radical (unpaired) electrons. The van der Waals surface area contributed by atoms with E-state index in [1.807, 2.05) is 0 Å². The summed E-state index contributed by atoms with van der Waals surface area (Å²) < 4.78 is 10.3. The van der Waals surface area contributed by atoms with E-state index in [1.54, 1.807) is 42.5 Å². The van der Waals surface area contributed by atoms with Crippen molar-refractivity contribution in [1.29, 1.82) is 0 Å². The van der Waals surface area contributed by atoms with Crippen molar-refractivity contribution in [2.75, 3.05) is 30.5 Å². The van der Waals surface area contributed by atoms with Gasteiger partial charge in [-0.2, -0.15) is 0 Å². The van der Waals surface area contributed by atoms with Gasteiger partial charge in [-0.3, -0.25) is 19.3 Å². The zero-order valence-electron chi connectivity index (χ0n) is 14.5. The number of benzene rings is 2. The van der Waals surface area contributed by atoms with Gasteiger partial charge in [-0.25, -0.2) is 0 Å². The van der Waals surface area contributed by atoms with Gasteiger partial charge in [-0.1, -0.05) is 23.7 Å². The smallest absolute Gasteiger partial charge is 0.310 e. The molecule has 0 aromatic heterocycles. The van der Waals surface area contributed by atoms with E-state index in [4.69, 9.17) is 21.1 Å². The molecule has 1 heterocycles. The molecule has 0 unspecified atom stereocenters. The number of nitrogens with one attached hydrogen (secondary N) is 1. The highest BCUT2D eigenvalue weighted by molar-refractivity contribution is 6.30. The molecule has 1 aliphatic rings. The maximum Gasteiger partial charge on any atom is 0.310 e. The predicted molar refractivity (Wildman–Crippen MR) is 100 cm³/mol. The van der Waals surface area contributed by atoms with Gasteiger partial charge in [0.2, 0.25) is 5.91 Å². The monoisotopic (exact) mass is 388 g/mol. The summed E-state index contributed by atoms with van der Waals surface area (Å²) in [6.07, 6.45) is -0.0892. The Kier molecular flexibility index (Phi) is 5.61. The van der Waals surface area contributed by atoms with E-state index in [0.29, 0.717) is 27.7 Å². The summed E-state index contributed by atoms with van der Waals surface area (Å²) in [6, 6.07) is 11.8. The van der Waals surface area contributed by atoms with Gasteiger partial charge in [0.05, 0.1) is 24.9 Å². The Labute approximate surface area is 160 Å². The molecule has 8 heteroatoms. The van der Waals surface area contributed by atoms with Crippen molar-refractivity contribution >= 4 is 40.8 Å². The molecular weight excluding hydrogens is 372 g/mol. The van der Waals surface area contributed by atoms with Gasteiger partial charge < -0.3 is 14.8 Å². The summed E-state index contributed by atoms with van der Waals surface area (Å²) in [4.78, 5) is 37.7. The topological polar surface area (TPSA) is 84.9 Å². The van der Waals surface area contributed by atoms with E-state index in [9.17, 15) is 14.4 Å². The molecule has 0 aliphatic carbocycles. The van der Waals surface area contributed by atoms with E-state index >= 15 is 0 Å². The largest absolute Gasteiger partial charge is 0.496 e. The maximum absolute atomic E-state index is 12.5. The second-order valence-electron chi connectivity index (χ2n) is 5.84. The Bertz CT molecular complexity index is 899. The highest BCUT2D eigenvalue weighted by Crippen LogP contribution is 2.29. The number of anilines is 2. The van der Waals surface area contributed by atoms with Crippen molar-refractivity contribution in [2.45, 2.75) is 6.42 Å². The van der Waals surface area contributed by atoms with Gasteiger partial charge >= 0.3 is 5.97 Å². The van der Waals surface area contributed by atoms with Crippen LogP contribution in [0.5, 0.6) is 5.75 Å². The van der Waals surface area contributed by atoms with Crippen LogP contribution in [-0.2, 0) is 25.5 Å². The van der Waals surface area contributed by atoms with Gasteiger partial charge in [0, 0.05) is 10.6 Å². The quantitative estimate of drug-likeness (QED) is 0.795. The van der Waals surface area contributed by atoms with Crippen LogP contribution in [-0.4, -0.2) is 38.0 Å². The van der Waals surface area contributed by atoms with Crippen molar-refractivity contribution in [1.82, 2.24) is 0 Å². The highest BCUT2D eigenvalue weighted by Gasteiger charge is 2.27. The van der Waals surface area contributed by atoms with Crippen molar-refractivity contribution in [3.05, 3.63) is 53.1 Å². The van der Waals surface area contributed by atoms with Crippen molar-refractivity contribution < 1.29 is 23.9 Å². The third-order valence-electron chi connectivity index (χ3n) is 4.01. The number of para-hydroxylation sites is 2. The van der Waals surface area contributed by atoms with E-state index in [2.05, 4.69) is 5.32 Å². The molecule has 7 nitrogen and oxygen atoms in total. The predicted octanol–water partition coefficient (Wildman–Crippen LogP) is 2.42. The van der Waals surface area contributed by atoms with Crippen LogP contribution < -0.4 is 15.0 Å². The average molecular weight is 389 g/mol. The number of fused-ring (bicyclic) bond motifs is 1. The summed E-state index contributed by atoms with van der Waals surface area (Å²) in [5.41, 5.74) is 1.66. The molecule has 2 aromatic rings. The molecule has 1 aliphatic heterocycles. The zero-order chi connectivity index (χ0) is 19.4. The van der Waals surface area contributed by atoms with Gasteiger partial charge in [0.15, 0.2) is 6.61 Å². The van der Waals surface area contributed by atoms with Crippen LogP contribution in [0.2, 0.25) is 5.02 Å². The minimum absolute atomic E-state index is 0.0892. The number of methoxy groups -OCH3 is 1. The minimum atomic E-state index is -0.598. The molecule has 0 fully saturated rings. The van der Waals surface area contributed by atoms with Crippen LogP contribution in [0.4, 0.5) is 11.4 Å². The normalized spacial score (nSPS) is 12.8. The molecule has 0 bridgehead atoms. The van der Waals surface area contributed by atoms with E-state index < -0.39 is 18.5 Å². The summed E-state index contributed by atoms with van der Waals surface area (Å²) in [7, 11) is 1.49. The molecule has 2 amide bonds. The average Bonchev–Trinajstić information content (AvgIpc) is 2.65. The molecule has 27 heavy (non-hydrogen) atoms. The van der Waals surface area contributed by atoms with E-state index in [-0.39, 0.29) is 18.9 Å². The van der Waals surface area contributed by atoms with Gasteiger partial charge in [-0.15, -0.1) is 0 Å². The fourth-order valence-electron chi connectivity index (χ4n) is 2.77. The third-order valence-corrected chi connectivity index (χ3v) is 4.24. The van der Waals surface area contributed by atoms with Gasteiger partial charge in [0.1, 0.15) is 12.3 Å². The number of rotatable bonds is 5. The Morgan fingerprint density at radius 2 is 2.00 bits per heavy atom. The number of carbonyl (C=O) groups excluding carboxylic acids is 3. The first-order chi connectivity index (χ1) is 13.0. The number of ether oxygens (including phenoxy) is 2. The number of amides is 2. The standard InChI is InChI=1S/C19H17ClN2O5/c1-26-16-7-6-13(20)8-12(16)9-19(25)27-11-18(24)22-10-17(23)21-14-4-2-3-5-15(14)22/h2-8H,9-11H2,1H3,(H,21,23). The Morgan fingerprint density at radius 1 is 1.22 bits per heavy atom. The lowest BCUT2D eigenvalue weighted by atomic mass is 10.1. The Morgan fingerprint density at radius 3 is 2.78 bits per heavy atom. The lowest BCUT2D eigenvalue weighted by molar-refractivity contribution is -0.147. The zero-order valence-corrected chi connectivity index (χ0v) is 15.3. The van der Waals surface area contributed by atoms with Crippen LogP contribution in [0.1, 0.15) is 5.56 Å². The van der Waals surface area contributed by atoms with Crippen LogP contribution in [0.3, 0.4) is 0 Å². The summed E-state index contributed by atoms with van der Waals surface area (Å²) in [6.45, 7) is -0.598. The van der Waals surface area contributed by atoms with Crippen LogP contribution in [0, 0.1) is 0 Å². The number of carbonyl (C=O) groups is 3. The van der Waals surface area contributed by atoms with Crippen LogP contribution in [0.25, 0.3) is 0 Å². The first-order valence-corrected chi connectivity index (χ1v) is 8.53. The number of halogens is 1. The van der Waals surface area contributed by atoms with Gasteiger partial charge in [0.25, 0.3) is 5.91 Å². The fourth-order valence-corrected chi connectivity index (χ4v) is 2.96. The molecule has 2 aromatic carbocycles. The second-order valence-corrected chi connectivity index (χ2v) is 6.28. The number of hydrogen-bond donors (Lipinski definition) is 1. The first-order valence-electron chi connectivity index (χ1n) is 8.15. The lowest BCUT2D eigenvalue weighted by Gasteiger charge is -2.28. The molecular formula is C19H17ClN2O5. The van der Waals surface area contributed by atoms with E-state index in [1.165, 1.54) is 12.0 Å². The minimum Gasteiger partial charge on any atom is -0.496 e. The highest BCUT2D eigenvalue weighted by atomic mass is 35.5. The third kappa shape index (κ3) is 4.38. The number of hydrogen-bond acceptors (Lipinski definition) is 5. The molecule has 1 N–H and O–H groups in total. The number of esters is 1. The molecule has 0 saturated heterocycles. The fraction of sp³-hybridized carbons (Fsp3) is 0.211. The second kappa shape index (κ2) is 8.09. The van der Waals surface area contributed by atoms with Crippen molar-refractivity contribution in [2.24, 2.45) is 0 Å². The van der Waals surface area contributed by atoms with Crippen molar-refractivity contribution in [3.8, 4) is 5.75 Å². The summed E-state index contributed by atoms with van der Waals surface area (Å²) in [5.74, 6) is -0.885. The van der Waals surface area contributed by atoms with E-state index in [0.717, 1.165) is 0 Å². The van der Waals surface area contributed by atoms with Crippen LogP contribution >= 0.6 is 11.6 Å². The molecule has 0 saturated carbocycles. The Hall–Kier alpha value is -3.06. The maximum atomic E-state index is 12.5. The molecule has 140 valence electrons. The molecule has 0 spiro atoms. The molecule has 3 rings (SSSR count). The summed E-state index contributed by atoms with van der Waals surface area (Å²) >= 11 is 5.94. The Balaban J connectivity index is 1.64. The lowest BCUT2D eigenvalue weighted by Crippen LogP contribution is -2.44. The summed E-state index contributed by atoms with van der Waals surface area (Å²) in [5, 5.41) is 3.16. The first kappa shape index (κ1) is 18.7. The SMILES string of the molecule is COc1ccc(Cl)cc1CC(=O)OCC(=O)N1CC(=O)Nc2ccccc21.